The molecule has 0 atom stereocenters. The molecule has 2 nitrogen and oxygen atoms in total. The fourth-order valence-electron chi connectivity index (χ4n) is 12.9. The minimum absolute atomic E-state index is 0.182. The number of nitrogens with zero attached hydrogens (tertiary/aromatic N) is 1. The SMILES string of the molecule is CC1(C)c2ccccc2-c2ccc(N(c3ccc4c(c3)Oc3cc5ccccc5cc3-c3ccc(-c5ccccc5)cc3-4)c3ccc4c(c3)C3(c5ccccc5-c5ccccc53)c3ccccc3-4)cc21. The van der Waals surface area contributed by atoms with Crippen molar-refractivity contribution >= 4 is 27.8 Å². The summed E-state index contributed by atoms with van der Waals surface area (Å²) in [6, 6.07) is 88.0. The van der Waals surface area contributed by atoms with Gasteiger partial charge in [-0.1, -0.05) is 190 Å². The van der Waals surface area contributed by atoms with Gasteiger partial charge in [-0.25, -0.2) is 0 Å². The molecule has 11 aromatic rings. The largest absolute Gasteiger partial charge is 0.456 e. The van der Waals surface area contributed by atoms with Crippen molar-refractivity contribution in [2.24, 2.45) is 0 Å². The van der Waals surface area contributed by atoms with Gasteiger partial charge in [-0.15, -0.1) is 0 Å². The molecule has 0 aromatic heterocycles. The van der Waals surface area contributed by atoms with E-state index < -0.39 is 5.41 Å². The summed E-state index contributed by atoms with van der Waals surface area (Å²) in [5.74, 6) is 1.67. The van der Waals surface area contributed by atoms with Gasteiger partial charge in [-0.3, -0.25) is 0 Å². The van der Waals surface area contributed by atoms with Crippen LogP contribution in [0, 0.1) is 0 Å². The van der Waals surface area contributed by atoms with Crippen LogP contribution in [0.25, 0.3) is 77.5 Å². The fraction of sp³-hybridized carbons (Fsp3) is 0.0588. The molecular formula is C68H45NO. The van der Waals surface area contributed by atoms with Gasteiger partial charge in [0.25, 0.3) is 0 Å². The molecule has 3 aliphatic carbocycles. The lowest BCUT2D eigenvalue weighted by Gasteiger charge is -2.32. The highest BCUT2D eigenvalue weighted by Gasteiger charge is 2.51. The van der Waals surface area contributed by atoms with Crippen molar-refractivity contribution < 1.29 is 4.74 Å². The number of hydrogen-bond acceptors (Lipinski definition) is 2. The Hall–Kier alpha value is -8.72. The Kier molecular flexibility index (Phi) is 8.08. The molecule has 1 heterocycles. The Balaban J connectivity index is 0.979. The average molecular weight is 892 g/mol. The van der Waals surface area contributed by atoms with Crippen LogP contribution in [0.1, 0.15) is 47.2 Å². The van der Waals surface area contributed by atoms with Gasteiger partial charge in [0.2, 0.25) is 0 Å². The first-order chi connectivity index (χ1) is 34.4. The number of hydrogen-bond donors (Lipinski definition) is 0. The molecule has 0 saturated heterocycles. The number of anilines is 3. The second-order valence-corrected chi connectivity index (χ2v) is 20.0. The van der Waals surface area contributed by atoms with Gasteiger partial charge in [0.15, 0.2) is 0 Å². The normalized spacial score (nSPS) is 14.2. The van der Waals surface area contributed by atoms with Crippen molar-refractivity contribution in [3.8, 4) is 78.3 Å². The van der Waals surface area contributed by atoms with Gasteiger partial charge in [0.05, 0.1) is 5.41 Å². The Morgan fingerprint density at radius 1 is 0.286 bits per heavy atom. The van der Waals surface area contributed by atoms with Crippen LogP contribution in [0.15, 0.2) is 237 Å². The summed E-state index contributed by atoms with van der Waals surface area (Å²) in [5, 5.41) is 2.33. The van der Waals surface area contributed by atoms with Gasteiger partial charge in [0, 0.05) is 39.7 Å². The molecule has 2 heteroatoms. The molecule has 0 bridgehead atoms. The highest BCUT2D eigenvalue weighted by atomic mass is 16.5. The Morgan fingerprint density at radius 3 is 1.39 bits per heavy atom. The van der Waals surface area contributed by atoms with E-state index in [1.807, 2.05) is 0 Å². The summed E-state index contributed by atoms with van der Waals surface area (Å²) in [7, 11) is 0. The van der Waals surface area contributed by atoms with Crippen molar-refractivity contribution in [2.75, 3.05) is 4.90 Å². The maximum Gasteiger partial charge on any atom is 0.137 e. The van der Waals surface area contributed by atoms with E-state index >= 15 is 0 Å². The highest BCUT2D eigenvalue weighted by Crippen LogP contribution is 2.64. The molecule has 1 spiro atoms. The Bertz CT molecular complexity index is 3960. The van der Waals surface area contributed by atoms with Gasteiger partial charge in [-0.05, 0) is 154 Å². The van der Waals surface area contributed by atoms with E-state index in [1.165, 1.54) is 83.3 Å². The van der Waals surface area contributed by atoms with Crippen molar-refractivity contribution in [1.82, 2.24) is 0 Å². The minimum Gasteiger partial charge on any atom is -0.456 e. The molecule has 0 unspecified atom stereocenters. The zero-order chi connectivity index (χ0) is 46.3. The first-order valence-electron chi connectivity index (χ1n) is 24.5. The van der Waals surface area contributed by atoms with Crippen LogP contribution >= 0.6 is 0 Å². The molecule has 11 aromatic carbocycles. The topological polar surface area (TPSA) is 12.5 Å². The maximum atomic E-state index is 7.29. The highest BCUT2D eigenvalue weighted by molar-refractivity contribution is 6.00. The second-order valence-electron chi connectivity index (χ2n) is 20.0. The molecule has 4 aliphatic rings. The van der Waals surface area contributed by atoms with E-state index in [-0.39, 0.29) is 5.41 Å². The number of benzene rings is 11. The smallest absolute Gasteiger partial charge is 0.137 e. The van der Waals surface area contributed by atoms with E-state index in [0.717, 1.165) is 56.2 Å². The summed E-state index contributed by atoms with van der Waals surface area (Å²) < 4.78 is 7.29. The lowest BCUT2D eigenvalue weighted by Crippen LogP contribution is -2.26. The van der Waals surface area contributed by atoms with E-state index in [9.17, 15) is 0 Å². The third kappa shape index (κ3) is 5.33. The van der Waals surface area contributed by atoms with Crippen molar-refractivity contribution in [2.45, 2.75) is 24.7 Å². The molecule has 1 aliphatic heterocycles. The van der Waals surface area contributed by atoms with Crippen LogP contribution in [-0.2, 0) is 10.8 Å². The molecule has 0 amide bonds. The van der Waals surface area contributed by atoms with E-state index in [4.69, 9.17) is 4.74 Å². The summed E-state index contributed by atoms with van der Waals surface area (Å²) in [4.78, 5) is 2.47. The van der Waals surface area contributed by atoms with Crippen molar-refractivity contribution in [1.29, 1.82) is 0 Å². The third-order valence-electron chi connectivity index (χ3n) is 16.1. The lowest BCUT2D eigenvalue weighted by atomic mass is 9.70. The Labute approximate surface area is 408 Å². The maximum absolute atomic E-state index is 7.29. The van der Waals surface area contributed by atoms with Crippen LogP contribution in [0.5, 0.6) is 11.5 Å². The Morgan fingerprint density at radius 2 is 0.743 bits per heavy atom. The van der Waals surface area contributed by atoms with Crippen LogP contribution < -0.4 is 9.64 Å². The fourth-order valence-corrected chi connectivity index (χ4v) is 12.9. The average Bonchev–Trinajstić information content (AvgIpc) is 3.93. The van der Waals surface area contributed by atoms with Crippen molar-refractivity contribution in [3.05, 3.63) is 270 Å². The lowest BCUT2D eigenvalue weighted by molar-refractivity contribution is 0.488. The molecule has 0 saturated carbocycles. The summed E-state index contributed by atoms with van der Waals surface area (Å²) in [5.41, 5.74) is 25.1. The monoisotopic (exact) mass is 891 g/mol. The first-order valence-corrected chi connectivity index (χ1v) is 24.5. The standard InChI is InChI=1S/C68H45NO/c1-67(2)59-24-12-8-20-50(59)54-33-29-46(39-63(54)67)69(47-30-34-55-53-23-11-15-27-62(53)68(64(55)40-47)60-25-13-9-21-51(60)52-22-10-14-26-61(52)68)48-31-35-56-57-36-45(42-16-4-3-5-17-42)28-32-49(57)58-37-43-18-6-7-19-44(43)38-65(58)70-66(56)41-48/h3-41H,1-2H3. The quantitative estimate of drug-likeness (QED) is 0.175. The van der Waals surface area contributed by atoms with E-state index in [0.29, 0.717) is 0 Å². The third-order valence-corrected chi connectivity index (χ3v) is 16.1. The van der Waals surface area contributed by atoms with Crippen LogP contribution in [-0.4, -0.2) is 0 Å². The summed E-state index contributed by atoms with van der Waals surface area (Å²) in [6.07, 6.45) is 0. The van der Waals surface area contributed by atoms with Gasteiger partial charge in [0.1, 0.15) is 11.5 Å². The van der Waals surface area contributed by atoms with E-state index in [2.05, 4.69) is 255 Å². The van der Waals surface area contributed by atoms with Crippen LogP contribution in [0.4, 0.5) is 17.1 Å². The van der Waals surface area contributed by atoms with E-state index in [1.54, 1.807) is 0 Å². The van der Waals surface area contributed by atoms with Gasteiger partial charge < -0.3 is 9.64 Å². The van der Waals surface area contributed by atoms with Gasteiger partial charge in [-0.2, -0.15) is 0 Å². The second kappa shape index (κ2) is 14.4. The molecule has 0 N–H and O–H groups in total. The molecule has 328 valence electrons. The number of rotatable bonds is 4. The molecule has 0 radical (unpaired) electrons. The minimum atomic E-state index is -0.480. The molecule has 0 fully saturated rings. The zero-order valence-corrected chi connectivity index (χ0v) is 38.9. The summed E-state index contributed by atoms with van der Waals surface area (Å²) >= 11 is 0. The van der Waals surface area contributed by atoms with Crippen LogP contribution in [0.3, 0.4) is 0 Å². The number of ether oxygens (including phenoxy) is 1. The predicted molar refractivity (Wildman–Crippen MR) is 289 cm³/mol. The summed E-state index contributed by atoms with van der Waals surface area (Å²) in [6.45, 7) is 4.74. The van der Waals surface area contributed by atoms with Crippen molar-refractivity contribution in [3.63, 3.8) is 0 Å². The molecule has 70 heavy (non-hydrogen) atoms. The van der Waals surface area contributed by atoms with Crippen LogP contribution in [0.2, 0.25) is 0 Å². The predicted octanol–water partition coefficient (Wildman–Crippen LogP) is 18.1. The van der Waals surface area contributed by atoms with Gasteiger partial charge >= 0.3 is 0 Å². The number of fused-ring (bicyclic) bond motifs is 19. The zero-order valence-electron chi connectivity index (χ0n) is 38.9. The molecule has 15 rings (SSSR count). The first kappa shape index (κ1) is 39.3. The molecular weight excluding hydrogens is 847 g/mol.